The Morgan fingerprint density at radius 2 is 1.84 bits per heavy atom. The van der Waals surface area contributed by atoms with Crippen LogP contribution in [0.1, 0.15) is 23.0 Å². The summed E-state index contributed by atoms with van der Waals surface area (Å²) in [5.41, 5.74) is -0.180. The first-order valence-electron chi connectivity index (χ1n) is 9.22. The number of hydrogen-bond donors (Lipinski definition) is 1. The van der Waals surface area contributed by atoms with Gasteiger partial charge in [-0.05, 0) is 44.2 Å². The molecule has 0 unspecified atom stereocenters. The zero-order valence-electron chi connectivity index (χ0n) is 16.7. The van der Waals surface area contributed by atoms with Crippen molar-refractivity contribution in [1.29, 1.82) is 0 Å². The van der Waals surface area contributed by atoms with E-state index in [9.17, 15) is 26.7 Å². The first kappa shape index (κ1) is 23.5. The fraction of sp³-hybridized carbons (Fsp3) is 0.182. The number of nitrogens with one attached hydrogen (secondary N) is 1. The van der Waals surface area contributed by atoms with Gasteiger partial charge in [-0.15, -0.1) is 0 Å². The maximum absolute atomic E-state index is 14.9. The lowest BCUT2D eigenvalue weighted by atomic mass is 10.0. The first-order valence-corrected chi connectivity index (χ1v) is 9.60. The molecule has 1 atom stereocenters. The van der Waals surface area contributed by atoms with Crippen molar-refractivity contribution in [2.45, 2.75) is 26.1 Å². The van der Waals surface area contributed by atoms with Crippen LogP contribution in [0.15, 0.2) is 48.7 Å². The van der Waals surface area contributed by atoms with Gasteiger partial charge < -0.3 is 10.1 Å². The molecular weight excluding hydrogens is 455 g/mol. The van der Waals surface area contributed by atoms with E-state index in [2.05, 4.69) is 10.3 Å². The van der Waals surface area contributed by atoms with Gasteiger partial charge in [-0.3, -0.25) is 9.78 Å². The molecule has 0 fully saturated rings. The average molecular weight is 471 g/mol. The number of alkyl halides is 3. The van der Waals surface area contributed by atoms with Gasteiger partial charge in [-0.25, -0.2) is 8.78 Å². The number of carbonyl (C=O) groups excluding carboxylic acids is 1. The van der Waals surface area contributed by atoms with E-state index in [0.29, 0.717) is 5.69 Å². The molecule has 0 radical (unpaired) electrons. The second-order valence-corrected chi connectivity index (χ2v) is 7.28. The average Bonchev–Trinajstić information content (AvgIpc) is 2.71. The Morgan fingerprint density at radius 1 is 1.12 bits per heavy atom. The van der Waals surface area contributed by atoms with E-state index in [4.69, 9.17) is 16.3 Å². The van der Waals surface area contributed by atoms with Crippen molar-refractivity contribution >= 4 is 23.2 Å². The number of pyridine rings is 1. The van der Waals surface area contributed by atoms with Crippen molar-refractivity contribution in [2.24, 2.45) is 0 Å². The van der Waals surface area contributed by atoms with Gasteiger partial charge in [0, 0.05) is 23.0 Å². The number of aromatic nitrogens is 1. The topological polar surface area (TPSA) is 51.2 Å². The van der Waals surface area contributed by atoms with Gasteiger partial charge in [0.15, 0.2) is 6.10 Å². The van der Waals surface area contributed by atoms with E-state index in [-0.39, 0.29) is 16.1 Å². The van der Waals surface area contributed by atoms with Gasteiger partial charge in [0.05, 0.1) is 16.3 Å². The SMILES string of the molecule is Cc1ccc(-c2cc(O[C@@H](C)C(F)(F)F)c(C(=O)Nc3c(F)cccc3Cl)cc2F)cn1. The van der Waals surface area contributed by atoms with Crippen LogP contribution in [0.2, 0.25) is 5.02 Å². The van der Waals surface area contributed by atoms with Crippen molar-refractivity contribution in [1.82, 2.24) is 4.98 Å². The highest BCUT2D eigenvalue weighted by atomic mass is 35.5. The quantitative estimate of drug-likeness (QED) is 0.429. The predicted molar refractivity (Wildman–Crippen MR) is 110 cm³/mol. The minimum Gasteiger partial charge on any atom is -0.480 e. The van der Waals surface area contributed by atoms with Crippen LogP contribution in [0.3, 0.4) is 0 Å². The summed E-state index contributed by atoms with van der Waals surface area (Å²) in [5.74, 6) is -3.43. The molecule has 1 amide bonds. The van der Waals surface area contributed by atoms with Gasteiger partial charge >= 0.3 is 6.18 Å². The van der Waals surface area contributed by atoms with Crippen LogP contribution in [0.4, 0.5) is 27.6 Å². The normalized spacial score (nSPS) is 12.4. The molecule has 0 saturated carbocycles. The molecule has 0 aliphatic rings. The van der Waals surface area contributed by atoms with Gasteiger partial charge in [0.2, 0.25) is 0 Å². The molecule has 168 valence electrons. The smallest absolute Gasteiger partial charge is 0.425 e. The highest BCUT2D eigenvalue weighted by molar-refractivity contribution is 6.34. The van der Waals surface area contributed by atoms with Crippen molar-refractivity contribution in [3.8, 4) is 16.9 Å². The second kappa shape index (κ2) is 9.12. The number of aryl methyl sites for hydroxylation is 1. The van der Waals surface area contributed by atoms with Crippen molar-refractivity contribution in [3.63, 3.8) is 0 Å². The van der Waals surface area contributed by atoms with Gasteiger partial charge in [-0.1, -0.05) is 23.7 Å². The monoisotopic (exact) mass is 470 g/mol. The Labute approximate surface area is 185 Å². The molecule has 0 saturated heterocycles. The number of carbonyl (C=O) groups is 1. The van der Waals surface area contributed by atoms with E-state index >= 15 is 0 Å². The third-order valence-electron chi connectivity index (χ3n) is 4.50. The number of para-hydroxylation sites is 1. The number of amides is 1. The van der Waals surface area contributed by atoms with Crippen molar-refractivity contribution in [2.75, 3.05) is 5.32 Å². The minimum absolute atomic E-state index is 0.123. The predicted octanol–water partition coefficient (Wildman–Crippen LogP) is 6.57. The summed E-state index contributed by atoms with van der Waals surface area (Å²) in [7, 11) is 0. The number of nitrogens with zero attached hydrogens (tertiary/aromatic N) is 1. The van der Waals surface area contributed by atoms with E-state index in [0.717, 1.165) is 25.1 Å². The van der Waals surface area contributed by atoms with E-state index in [1.807, 2.05) is 0 Å². The lowest BCUT2D eigenvalue weighted by Gasteiger charge is -2.21. The zero-order chi connectivity index (χ0) is 23.6. The summed E-state index contributed by atoms with van der Waals surface area (Å²) in [6.07, 6.45) is -5.72. The van der Waals surface area contributed by atoms with Crippen LogP contribution in [-0.4, -0.2) is 23.2 Å². The zero-order valence-corrected chi connectivity index (χ0v) is 17.5. The lowest BCUT2D eigenvalue weighted by Crippen LogP contribution is -2.32. The standard InChI is InChI=1S/C22H16ClF5N2O2/c1-11-6-7-13(10-29-11)14-9-19(32-12(2)22(26,27)28)15(8-18(14)25)21(31)30-20-16(23)4-3-5-17(20)24/h3-10,12H,1-2H3,(H,30,31)/t12-/m0/s1. The largest absolute Gasteiger partial charge is 0.480 e. The Hall–Kier alpha value is -3.20. The number of benzene rings is 2. The molecule has 3 aromatic rings. The molecule has 32 heavy (non-hydrogen) atoms. The van der Waals surface area contributed by atoms with Crippen LogP contribution >= 0.6 is 11.6 Å². The highest BCUT2D eigenvalue weighted by Crippen LogP contribution is 2.34. The fourth-order valence-electron chi connectivity index (χ4n) is 2.73. The fourth-order valence-corrected chi connectivity index (χ4v) is 2.94. The summed E-state index contributed by atoms with van der Waals surface area (Å²) in [4.78, 5) is 16.8. The molecule has 1 N–H and O–H groups in total. The number of halogens is 6. The second-order valence-electron chi connectivity index (χ2n) is 6.87. The molecule has 1 aromatic heterocycles. The molecule has 2 aromatic carbocycles. The van der Waals surface area contributed by atoms with Crippen molar-refractivity contribution < 1.29 is 31.5 Å². The van der Waals surface area contributed by atoms with Crippen molar-refractivity contribution in [3.05, 3.63) is 76.6 Å². The number of anilines is 1. The molecule has 1 heterocycles. The number of hydrogen-bond acceptors (Lipinski definition) is 3. The summed E-state index contributed by atoms with van der Waals surface area (Å²) in [6.45, 7) is 2.45. The molecule has 0 bridgehead atoms. The van der Waals surface area contributed by atoms with Gasteiger partial charge in [0.25, 0.3) is 5.91 Å². The third-order valence-corrected chi connectivity index (χ3v) is 4.82. The Morgan fingerprint density at radius 3 is 2.44 bits per heavy atom. The van der Waals surface area contributed by atoms with Crippen LogP contribution in [0.5, 0.6) is 5.75 Å². The molecule has 3 rings (SSSR count). The maximum atomic E-state index is 14.9. The molecule has 4 nitrogen and oxygen atoms in total. The minimum atomic E-state index is -4.75. The maximum Gasteiger partial charge on any atom is 0.425 e. The summed E-state index contributed by atoms with van der Waals surface area (Å²) in [6, 6.07) is 8.44. The van der Waals surface area contributed by atoms with E-state index < -0.39 is 46.8 Å². The van der Waals surface area contributed by atoms with Gasteiger partial charge in [-0.2, -0.15) is 13.2 Å². The third kappa shape index (κ3) is 5.16. The Balaban J connectivity index is 2.08. The van der Waals surface area contributed by atoms with E-state index in [1.165, 1.54) is 24.4 Å². The van der Waals surface area contributed by atoms with Crippen LogP contribution in [-0.2, 0) is 0 Å². The molecule has 0 aliphatic heterocycles. The van der Waals surface area contributed by atoms with Crippen LogP contribution in [0.25, 0.3) is 11.1 Å². The summed E-state index contributed by atoms with van der Waals surface area (Å²) >= 11 is 5.88. The molecule has 0 aliphatic carbocycles. The lowest BCUT2D eigenvalue weighted by molar-refractivity contribution is -0.189. The van der Waals surface area contributed by atoms with Gasteiger partial charge in [0.1, 0.15) is 17.4 Å². The van der Waals surface area contributed by atoms with E-state index in [1.54, 1.807) is 13.0 Å². The number of rotatable bonds is 5. The number of ether oxygens (including phenoxy) is 1. The highest BCUT2D eigenvalue weighted by Gasteiger charge is 2.39. The Kier molecular flexibility index (Phi) is 6.68. The molecule has 10 heteroatoms. The Bertz CT molecular complexity index is 1130. The van der Waals surface area contributed by atoms with Crippen LogP contribution in [0, 0.1) is 18.6 Å². The van der Waals surface area contributed by atoms with Crippen LogP contribution < -0.4 is 10.1 Å². The molecule has 0 spiro atoms. The summed E-state index contributed by atoms with van der Waals surface area (Å²) in [5, 5.41) is 2.01. The molecular formula is C22H16ClF5N2O2. The summed E-state index contributed by atoms with van der Waals surface area (Å²) < 4.78 is 73.1. The first-order chi connectivity index (χ1) is 15.0.